The molecule has 0 atom stereocenters. The fraction of sp³-hybridized carbons (Fsp3) is 0.0625. The van der Waals surface area contributed by atoms with Crippen molar-refractivity contribution in [2.24, 2.45) is 0 Å². The SMILES string of the molecule is Fc1cccc(Oc2cnn(Cc3ccccc3)c2)c1. The molecule has 0 unspecified atom stereocenters. The Balaban J connectivity index is 1.71. The molecule has 0 N–H and O–H groups in total. The summed E-state index contributed by atoms with van der Waals surface area (Å²) in [6.07, 6.45) is 3.41. The van der Waals surface area contributed by atoms with Gasteiger partial charge in [-0.3, -0.25) is 4.68 Å². The molecule has 1 heterocycles. The van der Waals surface area contributed by atoms with Gasteiger partial charge in [0.25, 0.3) is 0 Å². The van der Waals surface area contributed by atoms with Crippen molar-refractivity contribution in [3.8, 4) is 11.5 Å². The average molecular weight is 268 g/mol. The molecular weight excluding hydrogens is 255 g/mol. The Bertz CT molecular complexity index is 694. The van der Waals surface area contributed by atoms with Gasteiger partial charge in [0.05, 0.1) is 18.9 Å². The van der Waals surface area contributed by atoms with E-state index in [0.29, 0.717) is 18.0 Å². The Morgan fingerprint density at radius 2 is 1.85 bits per heavy atom. The second-order valence-electron chi connectivity index (χ2n) is 4.42. The number of halogens is 1. The highest BCUT2D eigenvalue weighted by Crippen LogP contribution is 2.21. The molecule has 0 spiro atoms. The van der Waals surface area contributed by atoms with Crippen molar-refractivity contribution >= 4 is 0 Å². The van der Waals surface area contributed by atoms with Gasteiger partial charge in [0.15, 0.2) is 5.75 Å². The molecule has 20 heavy (non-hydrogen) atoms. The summed E-state index contributed by atoms with van der Waals surface area (Å²) in [7, 11) is 0. The summed E-state index contributed by atoms with van der Waals surface area (Å²) in [4.78, 5) is 0. The number of benzene rings is 2. The highest BCUT2D eigenvalue weighted by Gasteiger charge is 2.03. The van der Waals surface area contributed by atoms with Gasteiger partial charge in [0, 0.05) is 6.07 Å². The molecule has 0 aliphatic carbocycles. The third-order valence-corrected chi connectivity index (χ3v) is 2.83. The van der Waals surface area contributed by atoms with Crippen LogP contribution in [0, 0.1) is 5.82 Å². The molecule has 100 valence electrons. The number of ether oxygens (including phenoxy) is 1. The molecule has 3 nitrogen and oxygen atoms in total. The second-order valence-corrected chi connectivity index (χ2v) is 4.42. The first kappa shape index (κ1) is 12.4. The van der Waals surface area contributed by atoms with Crippen molar-refractivity contribution in [2.75, 3.05) is 0 Å². The number of nitrogens with zero attached hydrogens (tertiary/aromatic N) is 2. The summed E-state index contributed by atoms with van der Waals surface area (Å²) >= 11 is 0. The van der Waals surface area contributed by atoms with Crippen LogP contribution in [0.4, 0.5) is 4.39 Å². The summed E-state index contributed by atoms with van der Waals surface area (Å²) < 4.78 is 20.4. The number of aromatic nitrogens is 2. The van der Waals surface area contributed by atoms with Gasteiger partial charge in [-0.25, -0.2) is 4.39 Å². The quantitative estimate of drug-likeness (QED) is 0.718. The lowest BCUT2D eigenvalue weighted by Gasteiger charge is -2.02. The van der Waals surface area contributed by atoms with E-state index in [9.17, 15) is 4.39 Å². The number of rotatable bonds is 4. The Labute approximate surface area is 116 Å². The van der Waals surface area contributed by atoms with E-state index in [4.69, 9.17) is 4.74 Å². The van der Waals surface area contributed by atoms with Crippen LogP contribution < -0.4 is 4.74 Å². The molecule has 0 saturated carbocycles. The van der Waals surface area contributed by atoms with Gasteiger partial charge in [-0.1, -0.05) is 36.4 Å². The van der Waals surface area contributed by atoms with Crippen LogP contribution in [0.3, 0.4) is 0 Å². The monoisotopic (exact) mass is 268 g/mol. The Morgan fingerprint density at radius 1 is 1.00 bits per heavy atom. The van der Waals surface area contributed by atoms with Crippen LogP contribution in [0.5, 0.6) is 11.5 Å². The van der Waals surface area contributed by atoms with Crippen molar-refractivity contribution in [2.45, 2.75) is 6.54 Å². The van der Waals surface area contributed by atoms with Gasteiger partial charge < -0.3 is 4.74 Å². The molecule has 0 saturated heterocycles. The van der Waals surface area contributed by atoms with Crippen molar-refractivity contribution in [3.05, 3.63) is 78.4 Å². The topological polar surface area (TPSA) is 27.1 Å². The number of hydrogen-bond donors (Lipinski definition) is 0. The van der Waals surface area contributed by atoms with Gasteiger partial charge in [-0.2, -0.15) is 5.10 Å². The van der Waals surface area contributed by atoms with Crippen LogP contribution in [0.25, 0.3) is 0 Å². The standard InChI is InChI=1S/C16H13FN2O/c17-14-7-4-8-15(9-14)20-16-10-18-19(12-16)11-13-5-2-1-3-6-13/h1-10,12H,11H2. The minimum atomic E-state index is -0.320. The third-order valence-electron chi connectivity index (χ3n) is 2.83. The molecule has 2 aromatic carbocycles. The summed E-state index contributed by atoms with van der Waals surface area (Å²) in [5.41, 5.74) is 1.16. The summed E-state index contributed by atoms with van der Waals surface area (Å²) in [6, 6.07) is 16.1. The Hall–Kier alpha value is -2.62. The van der Waals surface area contributed by atoms with Crippen LogP contribution in [-0.2, 0) is 6.54 Å². The van der Waals surface area contributed by atoms with E-state index >= 15 is 0 Å². The molecule has 3 aromatic rings. The molecule has 0 aliphatic heterocycles. The predicted molar refractivity (Wildman–Crippen MR) is 74.2 cm³/mol. The van der Waals surface area contributed by atoms with Crippen molar-refractivity contribution < 1.29 is 9.13 Å². The van der Waals surface area contributed by atoms with Crippen molar-refractivity contribution in [1.29, 1.82) is 0 Å². The van der Waals surface area contributed by atoms with E-state index in [2.05, 4.69) is 5.10 Å². The van der Waals surface area contributed by atoms with E-state index < -0.39 is 0 Å². The van der Waals surface area contributed by atoms with Crippen LogP contribution in [0.1, 0.15) is 5.56 Å². The van der Waals surface area contributed by atoms with Gasteiger partial charge in [0.1, 0.15) is 11.6 Å². The first-order valence-corrected chi connectivity index (χ1v) is 6.29. The van der Waals surface area contributed by atoms with E-state index in [0.717, 1.165) is 5.56 Å². The van der Waals surface area contributed by atoms with E-state index in [-0.39, 0.29) is 5.82 Å². The zero-order valence-corrected chi connectivity index (χ0v) is 10.7. The molecule has 0 bridgehead atoms. The van der Waals surface area contributed by atoms with E-state index in [1.54, 1.807) is 29.2 Å². The molecule has 0 amide bonds. The van der Waals surface area contributed by atoms with Crippen LogP contribution >= 0.6 is 0 Å². The average Bonchev–Trinajstić information content (AvgIpc) is 2.87. The highest BCUT2D eigenvalue weighted by atomic mass is 19.1. The molecule has 0 fully saturated rings. The maximum Gasteiger partial charge on any atom is 0.165 e. The molecule has 4 heteroatoms. The lowest BCUT2D eigenvalue weighted by atomic mass is 10.2. The lowest BCUT2D eigenvalue weighted by Crippen LogP contribution is -1.99. The zero-order chi connectivity index (χ0) is 13.8. The minimum absolute atomic E-state index is 0.320. The molecule has 1 aromatic heterocycles. The molecule has 3 rings (SSSR count). The normalized spacial score (nSPS) is 10.4. The Kier molecular flexibility index (Phi) is 3.46. The van der Waals surface area contributed by atoms with Gasteiger partial charge in [0.2, 0.25) is 0 Å². The summed E-state index contributed by atoms with van der Waals surface area (Å²) in [6.45, 7) is 0.674. The first-order valence-electron chi connectivity index (χ1n) is 6.29. The first-order chi connectivity index (χ1) is 9.79. The summed E-state index contributed by atoms with van der Waals surface area (Å²) in [5.74, 6) is 0.731. The Morgan fingerprint density at radius 3 is 2.65 bits per heavy atom. The van der Waals surface area contributed by atoms with Crippen molar-refractivity contribution in [1.82, 2.24) is 9.78 Å². The molecule has 0 aliphatic rings. The van der Waals surface area contributed by atoms with E-state index in [1.165, 1.54) is 12.1 Å². The fourth-order valence-electron chi connectivity index (χ4n) is 1.92. The van der Waals surface area contributed by atoms with Crippen LogP contribution in [-0.4, -0.2) is 9.78 Å². The maximum absolute atomic E-state index is 13.1. The minimum Gasteiger partial charge on any atom is -0.454 e. The fourth-order valence-corrected chi connectivity index (χ4v) is 1.92. The smallest absolute Gasteiger partial charge is 0.165 e. The molecule has 0 radical (unpaired) electrons. The predicted octanol–water partition coefficient (Wildman–Crippen LogP) is 3.86. The molecular formula is C16H13FN2O. The maximum atomic E-state index is 13.1. The van der Waals surface area contributed by atoms with Crippen molar-refractivity contribution in [3.63, 3.8) is 0 Å². The van der Waals surface area contributed by atoms with Crippen LogP contribution in [0.15, 0.2) is 67.0 Å². The number of hydrogen-bond acceptors (Lipinski definition) is 2. The third kappa shape index (κ3) is 3.03. The highest BCUT2D eigenvalue weighted by molar-refractivity contribution is 5.28. The van der Waals surface area contributed by atoms with Gasteiger partial charge in [-0.05, 0) is 17.7 Å². The van der Waals surface area contributed by atoms with Gasteiger partial charge in [-0.15, -0.1) is 0 Å². The van der Waals surface area contributed by atoms with E-state index in [1.807, 2.05) is 30.3 Å². The van der Waals surface area contributed by atoms with Gasteiger partial charge >= 0.3 is 0 Å². The van der Waals surface area contributed by atoms with Crippen LogP contribution in [0.2, 0.25) is 0 Å². The lowest BCUT2D eigenvalue weighted by molar-refractivity contribution is 0.475. The summed E-state index contributed by atoms with van der Waals surface area (Å²) in [5, 5.41) is 4.23. The largest absolute Gasteiger partial charge is 0.454 e. The second kappa shape index (κ2) is 5.57. The zero-order valence-electron chi connectivity index (χ0n) is 10.7.